The summed E-state index contributed by atoms with van der Waals surface area (Å²) in [5.74, 6) is 0.365. The SMILES string of the molecule is CCN(CC)CCN(C(=O)c1cccc(S(=O)(=O)CC)c1)c1nc2c(OC)ccc(C)c2s1.Cl. The molecule has 3 rings (SSSR count). The number of ether oxygens (including phenoxy) is 1. The Morgan fingerprint density at radius 2 is 1.79 bits per heavy atom. The van der Waals surface area contributed by atoms with Crippen LogP contribution in [0.2, 0.25) is 0 Å². The molecule has 0 N–H and O–H groups in total. The van der Waals surface area contributed by atoms with E-state index in [1.165, 1.54) is 23.5 Å². The van der Waals surface area contributed by atoms with E-state index in [0.29, 0.717) is 29.5 Å². The molecule has 186 valence electrons. The molecule has 0 fully saturated rings. The molecule has 2 aromatic carbocycles. The maximum atomic E-state index is 13.7. The van der Waals surface area contributed by atoms with Gasteiger partial charge in [0.25, 0.3) is 5.91 Å². The van der Waals surface area contributed by atoms with E-state index >= 15 is 0 Å². The quantitative estimate of drug-likeness (QED) is 0.377. The number of nitrogens with zero attached hydrogens (tertiary/aromatic N) is 3. The summed E-state index contributed by atoms with van der Waals surface area (Å²) in [7, 11) is -1.82. The van der Waals surface area contributed by atoms with Crippen LogP contribution in [0.4, 0.5) is 5.13 Å². The van der Waals surface area contributed by atoms with Gasteiger partial charge in [0.1, 0.15) is 11.3 Å². The van der Waals surface area contributed by atoms with Gasteiger partial charge in [0.05, 0.1) is 22.5 Å². The molecule has 0 radical (unpaired) electrons. The van der Waals surface area contributed by atoms with Gasteiger partial charge in [-0.15, -0.1) is 12.4 Å². The summed E-state index contributed by atoms with van der Waals surface area (Å²) in [6.45, 7) is 10.6. The molecule has 0 saturated heterocycles. The third-order valence-electron chi connectivity index (χ3n) is 5.74. The Morgan fingerprint density at radius 1 is 1.09 bits per heavy atom. The first-order chi connectivity index (χ1) is 15.7. The van der Waals surface area contributed by atoms with Crippen molar-refractivity contribution in [3.8, 4) is 5.75 Å². The first kappa shape index (κ1) is 28.0. The topological polar surface area (TPSA) is 79.8 Å². The number of carbonyl (C=O) groups is 1. The maximum Gasteiger partial charge on any atom is 0.260 e. The van der Waals surface area contributed by atoms with Crippen LogP contribution in [-0.4, -0.2) is 63.3 Å². The fraction of sp³-hybridized carbons (Fsp3) is 0.417. The van der Waals surface area contributed by atoms with Gasteiger partial charge < -0.3 is 9.64 Å². The third-order valence-corrected chi connectivity index (χ3v) is 8.69. The zero-order valence-electron chi connectivity index (χ0n) is 20.2. The van der Waals surface area contributed by atoms with Crippen molar-refractivity contribution in [2.24, 2.45) is 0 Å². The van der Waals surface area contributed by atoms with E-state index in [9.17, 15) is 13.2 Å². The van der Waals surface area contributed by atoms with Gasteiger partial charge in [-0.3, -0.25) is 9.69 Å². The first-order valence-corrected chi connectivity index (χ1v) is 13.5. The maximum absolute atomic E-state index is 13.7. The molecule has 0 aliphatic rings. The molecule has 1 amide bonds. The Labute approximate surface area is 212 Å². The minimum absolute atomic E-state index is 0. The lowest BCUT2D eigenvalue weighted by molar-refractivity contribution is 0.0983. The van der Waals surface area contributed by atoms with Crippen molar-refractivity contribution in [2.75, 3.05) is 43.9 Å². The summed E-state index contributed by atoms with van der Waals surface area (Å²) >= 11 is 1.44. The Hall–Kier alpha value is -2.20. The molecule has 0 aliphatic heterocycles. The highest BCUT2D eigenvalue weighted by atomic mass is 35.5. The van der Waals surface area contributed by atoms with Crippen molar-refractivity contribution in [3.05, 3.63) is 47.5 Å². The summed E-state index contributed by atoms with van der Waals surface area (Å²) in [6, 6.07) is 10.1. The molecule has 1 aromatic heterocycles. The zero-order valence-corrected chi connectivity index (χ0v) is 22.6. The number of likely N-dealkylation sites (N-methyl/N-ethyl adjacent to an activating group) is 1. The number of thiazole rings is 1. The van der Waals surface area contributed by atoms with Gasteiger partial charge in [-0.25, -0.2) is 13.4 Å². The summed E-state index contributed by atoms with van der Waals surface area (Å²) in [4.78, 5) is 22.5. The largest absolute Gasteiger partial charge is 0.494 e. The van der Waals surface area contributed by atoms with Crippen LogP contribution < -0.4 is 9.64 Å². The van der Waals surface area contributed by atoms with Crippen LogP contribution in [0.3, 0.4) is 0 Å². The van der Waals surface area contributed by atoms with Crippen molar-refractivity contribution in [3.63, 3.8) is 0 Å². The van der Waals surface area contributed by atoms with E-state index in [4.69, 9.17) is 9.72 Å². The molecule has 1 heterocycles. The number of aromatic nitrogens is 1. The van der Waals surface area contributed by atoms with Crippen molar-refractivity contribution < 1.29 is 17.9 Å². The Morgan fingerprint density at radius 3 is 2.41 bits per heavy atom. The fourth-order valence-corrected chi connectivity index (χ4v) is 5.59. The van der Waals surface area contributed by atoms with E-state index in [1.54, 1.807) is 31.1 Å². The summed E-state index contributed by atoms with van der Waals surface area (Å²) in [6.07, 6.45) is 0. The summed E-state index contributed by atoms with van der Waals surface area (Å²) in [5, 5.41) is 0.568. The lowest BCUT2D eigenvalue weighted by atomic mass is 10.2. The van der Waals surface area contributed by atoms with Crippen LogP contribution >= 0.6 is 23.7 Å². The zero-order chi connectivity index (χ0) is 24.2. The molecule has 34 heavy (non-hydrogen) atoms. The molecule has 0 saturated carbocycles. The number of rotatable bonds is 10. The predicted octanol–water partition coefficient (Wildman–Crippen LogP) is 4.82. The molecular formula is C24H32ClN3O4S2. The standard InChI is InChI=1S/C24H31N3O4S2.ClH/c1-6-26(7-2)14-15-27(23(28)18-10-9-11-19(16-18)33(29,30)8-3)24-25-21-20(31-5)13-12-17(4)22(21)32-24;/h9-13,16H,6-8,14-15H2,1-5H3;1H. The van der Waals surface area contributed by atoms with E-state index in [0.717, 1.165) is 28.9 Å². The van der Waals surface area contributed by atoms with Gasteiger partial charge in [0, 0.05) is 18.7 Å². The second kappa shape index (κ2) is 12.0. The molecule has 0 aliphatic carbocycles. The molecule has 0 bridgehead atoms. The van der Waals surface area contributed by atoms with Crippen LogP contribution in [0.15, 0.2) is 41.3 Å². The monoisotopic (exact) mass is 525 g/mol. The number of fused-ring (bicyclic) bond motifs is 1. The van der Waals surface area contributed by atoms with Gasteiger partial charge >= 0.3 is 0 Å². The number of benzene rings is 2. The first-order valence-electron chi connectivity index (χ1n) is 11.1. The minimum Gasteiger partial charge on any atom is -0.494 e. The number of amides is 1. The molecule has 3 aromatic rings. The second-order valence-electron chi connectivity index (χ2n) is 7.67. The fourth-order valence-electron chi connectivity index (χ4n) is 3.59. The molecule has 7 nitrogen and oxygen atoms in total. The van der Waals surface area contributed by atoms with Gasteiger partial charge in [0.15, 0.2) is 15.0 Å². The normalized spacial score (nSPS) is 11.5. The highest BCUT2D eigenvalue weighted by Crippen LogP contribution is 2.37. The number of hydrogen-bond acceptors (Lipinski definition) is 7. The van der Waals surface area contributed by atoms with Gasteiger partial charge in [-0.1, -0.05) is 44.2 Å². The molecule has 10 heteroatoms. The molecule has 0 unspecified atom stereocenters. The van der Waals surface area contributed by atoms with Crippen molar-refractivity contribution in [1.82, 2.24) is 9.88 Å². The Balaban J connectivity index is 0.00000408. The number of anilines is 1. The second-order valence-corrected chi connectivity index (χ2v) is 10.9. The lowest BCUT2D eigenvalue weighted by Crippen LogP contribution is -2.39. The van der Waals surface area contributed by atoms with Crippen LogP contribution in [-0.2, 0) is 9.84 Å². The number of hydrogen-bond donors (Lipinski definition) is 0. The number of aryl methyl sites for hydroxylation is 1. The van der Waals surface area contributed by atoms with E-state index < -0.39 is 9.84 Å². The van der Waals surface area contributed by atoms with Crippen LogP contribution in [0.25, 0.3) is 10.2 Å². The van der Waals surface area contributed by atoms with Crippen LogP contribution in [0, 0.1) is 6.92 Å². The smallest absolute Gasteiger partial charge is 0.260 e. The number of methoxy groups -OCH3 is 1. The van der Waals surface area contributed by atoms with Crippen LogP contribution in [0.5, 0.6) is 5.75 Å². The van der Waals surface area contributed by atoms with E-state index in [1.807, 2.05) is 19.1 Å². The van der Waals surface area contributed by atoms with Gasteiger partial charge in [-0.05, 0) is 49.8 Å². The number of halogens is 1. The minimum atomic E-state index is -3.42. The molecule has 0 spiro atoms. The highest BCUT2D eigenvalue weighted by molar-refractivity contribution is 7.91. The lowest BCUT2D eigenvalue weighted by Gasteiger charge is -2.25. The molecular weight excluding hydrogens is 494 g/mol. The Kier molecular flexibility index (Phi) is 9.87. The van der Waals surface area contributed by atoms with Gasteiger partial charge in [-0.2, -0.15) is 0 Å². The average molecular weight is 526 g/mol. The Bertz CT molecular complexity index is 1240. The van der Waals surface area contributed by atoms with E-state index in [-0.39, 0.29) is 29.0 Å². The summed E-state index contributed by atoms with van der Waals surface area (Å²) in [5.41, 5.74) is 2.11. The van der Waals surface area contributed by atoms with Gasteiger partial charge in [0.2, 0.25) is 0 Å². The third kappa shape index (κ3) is 5.89. The van der Waals surface area contributed by atoms with Crippen molar-refractivity contribution >= 4 is 54.8 Å². The highest BCUT2D eigenvalue weighted by Gasteiger charge is 2.24. The number of carbonyl (C=O) groups excluding carboxylic acids is 1. The molecule has 0 atom stereocenters. The summed E-state index contributed by atoms with van der Waals surface area (Å²) < 4.78 is 31.2. The predicted molar refractivity (Wildman–Crippen MR) is 142 cm³/mol. The van der Waals surface area contributed by atoms with E-state index in [2.05, 4.69) is 18.7 Å². The number of sulfone groups is 1. The van der Waals surface area contributed by atoms with Crippen LogP contribution in [0.1, 0.15) is 36.7 Å². The van der Waals surface area contributed by atoms with Crippen molar-refractivity contribution in [2.45, 2.75) is 32.6 Å². The average Bonchev–Trinajstić information content (AvgIpc) is 3.28. The van der Waals surface area contributed by atoms with Crippen molar-refractivity contribution in [1.29, 1.82) is 0 Å².